The number of hydrogen-bond acceptors (Lipinski definition) is 3. The molecule has 2 aromatic rings. The molecule has 0 aliphatic carbocycles. The number of carboxylic acid groups (broad SMARTS) is 1. The van der Waals surface area contributed by atoms with E-state index in [1.54, 1.807) is 0 Å². The van der Waals surface area contributed by atoms with Crippen LogP contribution in [0.3, 0.4) is 0 Å². The van der Waals surface area contributed by atoms with Crippen molar-refractivity contribution in [2.75, 3.05) is 0 Å². The van der Waals surface area contributed by atoms with Gasteiger partial charge in [0, 0.05) is 0 Å². The highest BCUT2D eigenvalue weighted by Crippen LogP contribution is 2.27. The molecule has 15 heavy (non-hydrogen) atoms. The lowest BCUT2D eigenvalue weighted by atomic mass is 10.0. The first-order chi connectivity index (χ1) is 7.09. The Morgan fingerprint density at radius 3 is 2.60 bits per heavy atom. The molecule has 0 spiro atoms. The lowest BCUT2D eigenvalue weighted by molar-refractivity contribution is -0.268. The van der Waals surface area contributed by atoms with E-state index in [4.69, 9.17) is 5.11 Å². The first kappa shape index (κ1) is 9.33. The largest absolute Gasteiger partial charge is 0.872 e. The van der Waals surface area contributed by atoms with E-state index in [0.717, 1.165) is 0 Å². The Hall–Kier alpha value is -2.23. The molecule has 2 rings (SSSR count). The van der Waals surface area contributed by atoms with E-state index in [9.17, 15) is 15.0 Å². The topological polar surface area (TPSA) is 80.6 Å². The van der Waals surface area contributed by atoms with Crippen molar-refractivity contribution in [1.29, 1.82) is 0 Å². The molecule has 0 heterocycles. The van der Waals surface area contributed by atoms with Crippen LogP contribution in [0.2, 0.25) is 0 Å². The minimum Gasteiger partial charge on any atom is -0.872 e. The molecule has 2 N–H and O–H groups in total. The van der Waals surface area contributed by atoms with Gasteiger partial charge in [0.2, 0.25) is 0 Å². The van der Waals surface area contributed by atoms with Gasteiger partial charge in [-0.05, 0) is 29.0 Å². The lowest BCUT2D eigenvalue weighted by Gasteiger charge is -2.12. The number of rotatable bonds is 1. The Kier molecular flexibility index (Phi) is 1.97. The summed E-state index contributed by atoms with van der Waals surface area (Å²) in [6, 6.07) is 6.88. The molecule has 0 amide bonds. The molecular weight excluding hydrogens is 196 g/mol. The quantitative estimate of drug-likeness (QED) is 0.732. The normalized spacial score (nSPS) is 10.4. The predicted molar refractivity (Wildman–Crippen MR) is 52.0 cm³/mol. The summed E-state index contributed by atoms with van der Waals surface area (Å²) in [5.41, 5.74) is -0.257. The number of benzene rings is 2. The van der Waals surface area contributed by atoms with Gasteiger partial charge in [0.15, 0.2) is 0 Å². The molecule has 0 bridgehead atoms. The van der Waals surface area contributed by atoms with Crippen molar-refractivity contribution in [3.8, 4) is 11.5 Å². The minimum atomic E-state index is -1.25. The fraction of sp³-hybridized carbons (Fsp3) is 0. The lowest BCUT2D eigenvalue weighted by Crippen LogP contribution is -2.04. The summed E-state index contributed by atoms with van der Waals surface area (Å²) in [4.78, 5) is 10.9. The van der Waals surface area contributed by atoms with Crippen LogP contribution >= 0.6 is 0 Å². The summed E-state index contributed by atoms with van der Waals surface area (Å²) in [6.07, 6.45) is 0. The number of phenolic OH excluding ortho intramolecular Hbond substituents is 1. The molecule has 4 nitrogen and oxygen atoms in total. The van der Waals surface area contributed by atoms with Crippen molar-refractivity contribution in [2.45, 2.75) is 0 Å². The average Bonchev–Trinajstić information content (AvgIpc) is 2.17. The molecule has 0 fully saturated rings. The summed E-state index contributed by atoms with van der Waals surface area (Å²) >= 11 is 0. The standard InChI is InChI=1S/C11H8O4/c12-7-2-3-8-6(5-7)1-4-9(13)10(8)11(14)15/h1-5,12-13H,(H,14,15)/p-1. The van der Waals surface area contributed by atoms with E-state index in [2.05, 4.69) is 0 Å². The molecule has 0 saturated carbocycles. The van der Waals surface area contributed by atoms with Gasteiger partial charge in [-0.15, -0.1) is 0 Å². The fourth-order valence-corrected chi connectivity index (χ4v) is 1.52. The highest BCUT2D eigenvalue weighted by molar-refractivity contribution is 6.06. The molecule has 76 valence electrons. The third-order valence-electron chi connectivity index (χ3n) is 2.18. The Morgan fingerprint density at radius 2 is 1.93 bits per heavy atom. The zero-order chi connectivity index (χ0) is 11.0. The minimum absolute atomic E-state index is 0.0393. The van der Waals surface area contributed by atoms with Gasteiger partial charge < -0.3 is 15.3 Å². The van der Waals surface area contributed by atoms with Crippen molar-refractivity contribution in [1.82, 2.24) is 0 Å². The van der Waals surface area contributed by atoms with Crippen molar-refractivity contribution in [3.63, 3.8) is 0 Å². The van der Waals surface area contributed by atoms with E-state index in [1.165, 1.54) is 30.3 Å². The monoisotopic (exact) mass is 203 g/mol. The van der Waals surface area contributed by atoms with Crippen LogP contribution in [0.15, 0.2) is 30.3 Å². The first-order valence-electron chi connectivity index (χ1n) is 4.25. The van der Waals surface area contributed by atoms with Gasteiger partial charge in [0.05, 0.1) is 5.56 Å². The van der Waals surface area contributed by atoms with E-state index in [-0.39, 0.29) is 11.3 Å². The third-order valence-corrected chi connectivity index (χ3v) is 2.18. The maximum absolute atomic E-state index is 11.3. The van der Waals surface area contributed by atoms with Gasteiger partial charge in [-0.25, -0.2) is 4.79 Å². The fourth-order valence-electron chi connectivity index (χ4n) is 1.52. The molecule has 4 heteroatoms. The average molecular weight is 203 g/mol. The second kappa shape index (κ2) is 3.16. The van der Waals surface area contributed by atoms with Gasteiger partial charge >= 0.3 is 5.97 Å². The number of hydrogen-bond donors (Lipinski definition) is 2. The van der Waals surface area contributed by atoms with Gasteiger partial charge in [-0.2, -0.15) is 0 Å². The SMILES string of the molecule is O=C(O)c1c([O-])ccc2cc(O)ccc12. The molecule has 0 radical (unpaired) electrons. The number of phenols is 1. The van der Waals surface area contributed by atoms with Crippen LogP contribution in [0.5, 0.6) is 11.5 Å². The Morgan fingerprint density at radius 1 is 1.20 bits per heavy atom. The summed E-state index contributed by atoms with van der Waals surface area (Å²) in [7, 11) is 0. The zero-order valence-electron chi connectivity index (χ0n) is 7.60. The Bertz CT molecular complexity index is 546. The van der Waals surface area contributed by atoms with Gasteiger partial charge in [0.1, 0.15) is 5.75 Å². The predicted octanol–water partition coefficient (Wildman–Crippen LogP) is 1.32. The van der Waals surface area contributed by atoms with Crippen molar-refractivity contribution >= 4 is 16.7 Å². The maximum Gasteiger partial charge on any atom is 0.335 e. The van der Waals surface area contributed by atoms with Crippen LogP contribution in [-0.4, -0.2) is 16.2 Å². The van der Waals surface area contributed by atoms with Crippen LogP contribution in [0.1, 0.15) is 10.4 Å². The summed E-state index contributed by atoms with van der Waals surface area (Å²) in [6.45, 7) is 0. The van der Waals surface area contributed by atoms with E-state index in [0.29, 0.717) is 10.8 Å². The molecule has 0 aliphatic heterocycles. The van der Waals surface area contributed by atoms with E-state index in [1.807, 2.05) is 0 Å². The second-order valence-corrected chi connectivity index (χ2v) is 3.15. The van der Waals surface area contributed by atoms with Crippen LogP contribution in [0, 0.1) is 0 Å². The number of aromatic carboxylic acids is 1. The Labute approximate surface area is 85.0 Å². The van der Waals surface area contributed by atoms with E-state index < -0.39 is 11.7 Å². The van der Waals surface area contributed by atoms with Gasteiger partial charge in [0.25, 0.3) is 0 Å². The molecular formula is C11H7O4-. The maximum atomic E-state index is 11.3. The molecule has 0 atom stereocenters. The van der Waals surface area contributed by atoms with Gasteiger partial charge in [-0.1, -0.05) is 17.9 Å². The summed E-state index contributed by atoms with van der Waals surface area (Å²) in [5.74, 6) is -1.74. The highest BCUT2D eigenvalue weighted by Gasteiger charge is 2.09. The summed E-state index contributed by atoms with van der Waals surface area (Å²) in [5, 5.41) is 30.3. The van der Waals surface area contributed by atoms with Crippen LogP contribution in [-0.2, 0) is 0 Å². The van der Waals surface area contributed by atoms with Crippen molar-refractivity contribution in [3.05, 3.63) is 35.9 Å². The molecule has 0 saturated heterocycles. The van der Waals surface area contributed by atoms with Gasteiger partial charge in [-0.3, -0.25) is 0 Å². The number of carboxylic acids is 1. The number of aromatic hydroxyl groups is 1. The first-order valence-corrected chi connectivity index (χ1v) is 4.25. The zero-order valence-corrected chi connectivity index (χ0v) is 7.60. The molecule has 2 aromatic carbocycles. The van der Waals surface area contributed by atoms with Crippen LogP contribution < -0.4 is 5.11 Å². The molecule has 0 aromatic heterocycles. The molecule has 0 aliphatic rings. The number of carbonyl (C=O) groups is 1. The third kappa shape index (κ3) is 1.46. The van der Waals surface area contributed by atoms with Crippen molar-refractivity contribution < 1.29 is 20.1 Å². The second-order valence-electron chi connectivity index (χ2n) is 3.15. The van der Waals surface area contributed by atoms with Crippen LogP contribution in [0.25, 0.3) is 10.8 Å². The van der Waals surface area contributed by atoms with Crippen LogP contribution in [0.4, 0.5) is 0 Å². The Balaban J connectivity index is 2.88. The smallest absolute Gasteiger partial charge is 0.335 e. The highest BCUT2D eigenvalue weighted by atomic mass is 16.4. The number of fused-ring (bicyclic) bond motifs is 1. The molecule has 0 unspecified atom stereocenters. The summed E-state index contributed by atoms with van der Waals surface area (Å²) < 4.78 is 0. The van der Waals surface area contributed by atoms with E-state index >= 15 is 0 Å². The van der Waals surface area contributed by atoms with Crippen molar-refractivity contribution in [2.24, 2.45) is 0 Å².